The van der Waals surface area contributed by atoms with Gasteiger partial charge in [0.25, 0.3) is 0 Å². The molecule has 47 valence electrons. The van der Waals surface area contributed by atoms with Gasteiger partial charge in [-0.15, -0.1) is 0 Å². The van der Waals surface area contributed by atoms with Crippen LogP contribution in [0.25, 0.3) is 0 Å². The van der Waals surface area contributed by atoms with E-state index in [0.29, 0.717) is 6.54 Å². The molecule has 4 heteroatoms. The van der Waals surface area contributed by atoms with E-state index in [1.807, 2.05) is 6.07 Å². The number of nitrogens with one attached hydrogen (secondary N) is 2. The third-order valence-corrected chi connectivity index (χ3v) is 1.04. The first kappa shape index (κ1) is 6.22. The summed E-state index contributed by atoms with van der Waals surface area (Å²) in [6.45, 7) is 0.646. The van der Waals surface area contributed by atoms with Crippen LogP contribution in [0.1, 0.15) is 5.69 Å². The second-order valence-corrected chi connectivity index (χ2v) is 1.73. The highest BCUT2D eigenvalue weighted by Gasteiger charge is 1.88. The van der Waals surface area contributed by atoms with Gasteiger partial charge < -0.3 is 5.32 Å². The number of H-pyrrole nitrogens is 1. The Hall–Kier alpha value is -0.900. The van der Waals surface area contributed by atoms with Gasteiger partial charge in [0.15, 0.2) is 0 Å². The first-order valence-electron chi connectivity index (χ1n) is 2.52. The molecule has 2 N–H and O–H groups in total. The maximum atomic E-state index is 4.43. The molecule has 9 heavy (non-hydrogen) atoms. The number of thiocarbonyl (C=S) groups is 1. The number of hydrogen-bond donors (Lipinski definition) is 2. The lowest BCUT2D eigenvalue weighted by Gasteiger charge is -1.89. The standard InChI is InChI=1S/C5H6N3S/c9-4-6-3-5-1-2-7-8-5/h1-2H,3H2,(H,6,9)(H,7,8). The Labute approximate surface area is 58.5 Å². The molecule has 0 atom stereocenters. The highest BCUT2D eigenvalue weighted by Crippen LogP contribution is 1.87. The normalized spacial score (nSPS) is 8.89. The van der Waals surface area contributed by atoms with Gasteiger partial charge in [0.05, 0.1) is 12.2 Å². The van der Waals surface area contributed by atoms with Crippen molar-refractivity contribution in [3.8, 4) is 0 Å². The maximum Gasteiger partial charge on any atom is 0.134 e. The van der Waals surface area contributed by atoms with Crippen molar-refractivity contribution < 1.29 is 0 Å². The van der Waals surface area contributed by atoms with Crippen LogP contribution in [-0.2, 0) is 6.54 Å². The summed E-state index contributed by atoms with van der Waals surface area (Å²) >= 11 is 4.43. The predicted octanol–water partition coefficient (Wildman–Crippen LogP) is 0.334. The van der Waals surface area contributed by atoms with Crippen LogP contribution in [0.2, 0.25) is 0 Å². The van der Waals surface area contributed by atoms with Crippen molar-refractivity contribution in [3.05, 3.63) is 18.0 Å². The van der Waals surface area contributed by atoms with Gasteiger partial charge in [-0.3, -0.25) is 5.10 Å². The fourth-order valence-electron chi connectivity index (χ4n) is 0.516. The molecule has 1 radical (unpaired) electrons. The number of hydrogen-bond acceptors (Lipinski definition) is 2. The van der Waals surface area contributed by atoms with Crippen LogP contribution in [0.4, 0.5) is 0 Å². The fourth-order valence-corrected chi connectivity index (χ4v) is 0.588. The summed E-state index contributed by atoms with van der Waals surface area (Å²) in [5, 5.41) is 9.30. The second kappa shape index (κ2) is 3.19. The summed E-state index contributed by atoms with van der Waals surface area (Å²) < 4.78 is 0. The first-order valence-corrected chi connectivity index (χ1v) is 2.93. The number of rotatable bonds is 3. The third kappa shape index (κ3) is 1.81. The molecular weight excluding hydrogens is 134 g/mol. The summed E-state index contributed by atoms with van der Waals surface area (Å²) in [6.07, 6.45) is 1.76. The van der Waals surface area contributed by atoms with Crippen LogP contribution in [0.5, 0.6) is 0 Å². The second-order valence-electron chi connectivity index (χ2n) is 1.52. The van der Waals surface area contributed by atoms with Gasteiger partial charge in [-0.2, -0.15) is 5.10 Å². The van der Waals surface area contributed by atoms with Gasteiger partial charge in [0.2, 0.25) is 0 Å². The average Bonchev–Trinajstić information content (AvgIpc) is 2.34. The van der Waals surface area contributed by atoms with E-state index in [2.05, 4.69) is 33.2 Å². The van der Waals surface area contributed by atoms with Crippen LogP contribution < -0.4 is 5.32 Å². The number of aromatic amines is 1. The van der Waals surface area contributed by atoms with E-state index in [9.17, 15) is 0 Å². The molecule has 0 unspecified atom stereocenters. The minimum atomic E-state index is 0.646. The van der Waals surface area contributed by atoms with Crippen molar-refractivity contribution in [2.24, 2.45) is 0 Å². The van der Waals surface area contributed by atoms with E-state index >= 15 is 0 Å². The van der Waals surface area contributed by atoms with Crippen LogP contribution in [0, 0.1) is 0 Å². The molecule has 0 spiro atoms. The lowest BCUT2D eigenvalue weighted by molar-refractivity contribution is 0.877. The molecule has 0 amide bonds. The zero-order valence-corrected chi connectivity index (χ0v) is 5.53. The largest absolute Gasteiger partial charge is 0.368 e. The smallest absolute Gasteiger partial charge is 0.134 e. The molecule has 0 aliphatic rings. The Balaban J connectivity index is 2.38. The number of nitrogens with zero attached hydrogens (tertiary/aromatic N) is 1. The zero-order chi connectivity index (χ0) is 6.53. The van der Waals surface area contributed by atoms with Gasteiger partial charge in [0, 0.05) is 6.20 Å². The fraction of sp³-hybridized carbons (Fsp3) is 0.200. The van der Waals surface area contributed by atoms with Crippen LogP contribution in [0.15, 0.2) is 12.3 Å². The zero-order valence-electron chi connectivity index (χ0n) is 4.72. The van der Waals surface area contributed by atoms with Gasteiger partial charge in [-0.05, 0) is 6.07 Å². The summed E-state index contributed by atoms with van der Waals surface area (Å²) in [5.74, 6) is 0. The Morgan fingerprint density at radius 2 is 2.78 bits per heavy atom. The third-order valence-electron chi connectivity index (χ3n) is 0.900. The molecule has 0 fully saturated rings. The van der Waals surface area contributed by atoms with E-state index in [1.54, 1.807) is 6.20 Å². The first-order chi connectivity index (χ1) is 4.43. The van der Waals surface area contributed by atoms with Gasteiger partial charge in [-0.1, -0.05) is 12.2 Å². The van der Waals surface area contributed by atoms with Crippen molar-refractivity contribution >= 4 is 17.7 Å². The summed E-state index contributed by atoms with van der Waals surface area (Å²) in [7, 11) is 0. The Morgan fingerprint density at radius 1 is 1.89 bits per heavy atom. The quantitative estimate of drug-likeness (QED) is 0.469. The van der Waals surface area contributed by atoms with Gasteiger partial charge in [0.1, 0.15) is 5.49 Å². The molecular formula is C5H6N3S. The summed E-state index contributed by atoms with van der Waals surface area (Å²) in [4.78, 5) is 0. The van der Waals surface area contributed by atoms with E-state index in [0.717, 1.165) is 5.69 Å². The van der Waals surface area contributed by atoms with Crippen LogP contribution >= 0.6 is 12.2 Å². The van der Waals surface area contributed by atoms with Crippen molar-refractivity contribution in [3.63, 3.8) is 0 Å². The van der Waals surface area contributed by atoms with Crippen molar-refractivity contribution in [2.45, 2.75) is 6.54 Å². The molecule has 0 saturated carbocycles. The lowest BCUT2D eigenvalue weighted by atomic mass is 10.4. The molecule has 1 aromatic heterocycles. The molecule has 0 aromatic carbocycles. The predicted molar refractivity (Wildman–Crippen MR) is 38.0 cm³/mol. The van der Waals surface area contributed by atoms with E-state index in [4.69, 9.17) is 0 Å². The summed E-state index contributed by atoms with van der Waals surface area (Å²) in [6, 6.07) is 1.87. The molecule has 0 aliphatic carbocycles. The topological polar surface area (TPSA) is 40.7 Å². The van der Waals surface area contributed by atoms with Crippen molar-refractivity contribution in [2.75, 3.05) is 0 Å². The SMILES string of the molecule is S=[C]NCc1cc[nH]n1. The van der Waals surface area contributed by atoms with Gasteiger partial charge in [-0.25, -0.2) is 0 Å². The van der Waals surface area contributed by atoms with Crippen molar-refractivity contribution in [1.82, 2.24) is 15.5 Å². The van der Waals surface area contributed by atoms with Gasteiger partial charge >= 0.3 is 0 Å². The van der Waals surface area contributed by atoms with Crippen LogP contribution in [-0.4, -0.2) is 15.7 Å². The molecule has 1 aromatic rings. The lowest BCUT2D eigenvalue weighted by Crippen LogP contribution is -2.08. The van der Waals surface area contributed by atoms with Crippen LogP contribution in [0.3, 0.4) is 0 Å². The highest BCUT2D eigenvalue weighted by molar-refractivity contribution is 7.78. The Morgan fingerprint density at radius 3 is 3.33 bits per heavy atom. The Bertz CT molecular complexity index is 170. The van der Waals surface area contributed by atoms with E-state index in [1.165, 1.54) is 0 Å². The molecule has 1 rings (SSSR count). The molecule has 0 aliphatic heterocycles. The van der Waals surface area contributed by atoms with Crippen molar-refractivity contribution in [1.29, 1.82) is 0 Å². The maximum absolute atomic E-state index is 4.43. The molecule has 0 saturated heterocycles. The molecule has 0 bridgehead atoms. The average molecular weight is 140 g/mol. The number of aromatic nitrogens is 2. The molecule has 1 heterocycles. The van der Waals surface area contributed by atoms with E-state index < -0.39 is 0 Å². The van der Waals surface area contributed by atoms with E-state index in [-0.39, 0.29) is 0 Å². The monoisotopic (exact) mass is 140 g/mol. The highest BCUT2D eigenvalue weighted by atomic mass is 32.1. The minimum Gasteiger partial charge on any atom is -0.368 e. The Kier molecular flexibility index (Phi) is 2.21. The summed E-state index contributed by atoms with van der Waals surface area (Å²) in [5.41, 5.74) is 3.32. The minimum absolute atomic E-state index is 0.646. The molecule has 3 nitrogen and oxygen atoms in total.